The van der Waals surface area contributed by atoms with Gasteiger partial charge >= 0.3 is 5.97 Å². The Hall–Kier alpha value is -2.08. The Morgan fingerprint density at radius 2 is 2.25 bits per heavy atom. The molecule has 0 saturated carbocycles. The third kappa shape index (κ3) is 2.46. The van der Waals surface area contributed by atoms with E-state index in [4.69, 9.17) is 22.1 Å². The third-order valence-corrected chi connectivity index (χ3v) is 3.07. The summed E-state index contributed by atoms with van der Waals surface area (Å²) in [5.41, 5.74) is 7.01. The minimum absolute atomic E-state index is 0.0484. The Balaban J connectivity index is 2.50. The van der Waals surface area contributed by atoms with E-state index in [9.17, 15) is 9.18 Å². The van der Waals surface area contributed by atoms with Crippen LogP contribution in [-0.2, 0) is 4.74 Å². The van der Waals surface area contributed by atoms with E-state index in [2.05, 4.69) is 5.10 Å². The highest BCUT2D eigenvalue weighted by Gasteiger charge is 2.20. The van der Waals surface area contributed by atoms with E-state index in [0.717, 1.165) is 0 Å². The topological polar surface area (TPSA) is 70.1 Å². The Morgan fingerprint density at radius 1 is 1.55 bits per heavy atom. The van der Waals surface area contributed by atoms with Crippen LogP contribution in [0.25, 0.3) is 5.69 Å². The number of benzene rings is 1. The molecule has 0 aliphatic heterocycles. The van der Waals surface area contributed by atoms with E-state index in [0.29, 0.717) is 11.3 Å². The molecule has 0 aliphatic carbocycles. The van der Waals surface area contributed by atoms with Gasteiger partial charge in [-0.3, -0.25) is 0 Å². The van der Waals surface area contributed by atoms with E-state index in [1.54, 1.807) is 13.8 Å². The number of carbonyl (C=O) groups excluding carboxylic acids is 1. The number of rotatable bonds is 3. The lowest BCUT2D eigenvalue weighted by Crippen LogP contribution is -2.07. The van der Waals surface area contributed by atoms with Crippen molar-refractivity contribution in [1.82, 2.24) is 9.78 Å². The second kappa shape index (κ2) is 5.50. The number of anilines is 1. The number of nitrogen functional groups attached to an aromatic ring is 1. The molecule has 2 aromatic rings. The van der Waals surface area contributed by atoms with Gasteiger partial charge in [0.2, 0.25) is 0 Å². The fraction of sp³-hybridized carbons (Fsp3) is 0.231. The first-order valence-electron chi connectivity index (χ1n) is 5.93. The van der Waals surface area contributed by atoms with Crippen LogP contribution in [0.2, 0.25) is 5.02 Å². The second-order valence-corrected chi connectivity index (χ2v) is 4.50. The van der Waals surface area contributed by atoms with Crippen molar-refractivity contribution in [2.24, 2.45) is 0 Å². The van der Waals surface area contributed by atoms with Crippen molar-refractivity contribution in [2.75, 3.05) is 12.3 Å². The maximum atomic E-state index is 13.2. The number of nitrogens with zero attached hydrogens (tertiary/aromatic N) is 2. The van der Waals surface area contributed by atoms with Gasteiger partial charge in [0, 0.05) is 5.56 Å². The lowest BCUT2D eigenvalue weighted by molar-refractivity contribution is 0.0518. The van der Waals surface area contributed by atoms with Crippen molar-refractivity contribution in [1.29, 1.82) is 0 Å². The lowest BCUT2D eigenvalue weighted by atomic mass is 10.2. The van der Waals surface area contributed by atoms with Crippen LogP contribution in [0.3, 0.4) is 0 Å². The van der Waals surface area contributed by atoms with Gasteiger partial charge in [0.1, 0.15) is 11.6 Å². The molecule has 7 heteroatoms. The molecule has 0 atom stereocenters. The van der Waals surface area contributed by atoms with Gasteiger partial charge in [-0.15, -0.1) is 0 Å². The molecule has 20 heavy (non-hydrogen) atoms. The molecule has 106 valence electrons. The Labute approximate surface area is 120 Å². The van der Waals surface area contributed by atoms with E-state index >= 15 is 0 Å². The van der Waals surface area contributed by atoms with Gasteiger partial charge < -0.3 is 10.5 Å². The number of ether oxygens (including phenoxy) is 1. The summed E-state index contributed by atoms with van der Waals surface area (Å²) in [6.07, 6.45) is 0. The summed E-state index contributed by atoms with van der Waals surface area (Å²) in [7, 11) is 0. The Morgan fingerprint density at radius 3 is 2.85 bits per heavy atom. The molecular weight excluding hydrogens is 285 g/mol. The SMILES string of the molecule is CCOC(=O)c1nn(-c2ccc(F)c(Cl)c2)c(N)c1C. The van der Waals surface area contributed by atoms with Gasteiger partial charge in [0.15, 0.2) is 5.69 Å². The molecule has 0 amide bonds. The normalized spacial score (nSPS) is 10.6. The molecule has 0 aliphatic rings. The van der Waals surface area contributed by atoms with Gasteiger partial charge in [-0.2, -0.15) is 5.10 Å². The van der Waals surface area contributed by atoms with Crippen LogP contribution in [0.5, 0.6) is 0 Å². The number of halogens is 2. The Kier molecular flexibility index (Phi) is 3.94. The third-order valence-electron chi connectivity index (χ3n) is 2.78. The number of aromatic nitrogens is 2. The average Bonchev–Trinajstić information content (AvgIpc) is 2.70. The van der Waals surface area contributed by atoms with E-state index in [-0.39, 0.29) is 23.1 Å². The molecular formula is C13H13ClFN3O2. The fourth-order valence-corrected chi connectivity index (χ4v) is 1.89. The van der Waals surface area contributed by atoms with Gasteiger partial charge in [0.25, 0.3) is 0 Å². The van der Waals surface area contributed by atoms with Crippen molar-refractivity contribution in [3.05, 3.63) is 40.3 Å². The van der Waals surface area contributed by atoms with Crippen LogP contribution in [0, 0.1) is 12.7 Å². The van der Waals surface area contributed by atoms with Crippen molar-refractivity contribution in [3.8, 4) is 5.69 Å². The smallest absolute Gasteiger partial charge is 0.359 e. The number of hydrogen-bond donors (Lipinski definition) is 1. The summed E-state index contributed by atoms with van der Waals surface area (Å²) >= 11 is 5.73. The predicted molar refractivity (Wildman–Crippen MR) is 73.6 cm³/mol. The number of carbonyl (C=O) groups is 1. The molecule has 0 bridgehead atoms. The molecule has 0 fully saturated rings. The maximum Gasteiger partial charge on any atom is 0.359 e. The zero-order valence-electron chi connectivity index (χ0n) is 11.0. The van der Waals surface area contributed by atoms with Crippen molar-refractivity contribution in [2.45, 2.75) is 13.8 Å². The summed E-state index contributed by atoms with van der Waals surface area (Å²) in [6.45, 7) is 3.61. The van der Waals surface area contributed by atoms with Crippen LogP contribution in [-0.4, -0.2) is 22.4 Å². The van der Waals surface area contributed by atoms with E-state index in [1.807, 2.05) is 0 Å². The number of esters is 1. The second-order valence-electron chi connectivity index (χ2n) is 4.09. The minimum atomic E-state index is -0.552. The highest BCUT2D eigenvalue weighted by molar-refractivity contribution is 6.30. The predicted octanol–water partition coefficient (Wildman–Crippen LogP) is 2.73. The Bertz CT molecular complexity index is 670. The van der Waals surface area contributed by atoms with Gasteiger partial charge in [-0.1, -0.05) is 11.6 Å². The van der Waals surface area contributed by atoms with Crippen LogP contribution < -0.4 is 5.73 Å². The molecule has 5 nitrogen and oxygen atoms in total. The monoisotopic (exact) mass is 297 g/mol. The largest absolute Gasteiger partial charge is 0.461 e. The van der Waals surface area contributed by atoms with Crippen LogP contribution in [0.1, 0.15) is 23.0 Å². The van der Waals surface area contributed by atoms with Crippen molar-refractivity contribution < 1.29 is 13.9 Å². The summed E-state index contributed by atoms with van der Waals surface area (Å²) in [6, 6.07) is 4.06. The first kappa shape index (κ1) is 14.3. The molecule has 2 rings (SSSR count). The first-order valence-corrected chi connectivity index (χ1v) is 6.31. The maximum absolute atomic E-state index is 13.2. The summed E-state index contributed by atoms with van der Waals surface area (Å²) in [5, 5.41) is 4.06. The first-order chi connectivity index (χ1) is 9.45. The van der Waals surface area contributed by atoms with Crippen LogP contribution in [0.15, 0.2) is 18.2 Å². The quantitative estimate of drug-likeness (QED) is 0.884. The zero-order chi connectivity index (χ0) is 14.9. The standard InChI is InChI=1S/C13H13ClFN3O2/c1-3-20-13(19)11-7(2)12(16)18(17-11)8-4-5-10(15)9(14)6-8/h4-6H,3,16H2,1-2H3. The highest BCUT2D eigenvalue weighted by atomic mass is 35.5. The summed E-state index contributed by atoms with van der Waals surface area (Å²) in [4.78, 5) is 11.7. The van der Waals surface area contributed by atoms with Crippen molar-refractivity contribution >= 4 is 23.4 Å². The molecule has 0 spiro atoms. The summed E-state index contributed by atoms with van der Waals surface area (Å²) < 4.78 is 19.4. The van der Waals surface area contributed by atoms with Crippen LogP contribution >= 0.6 is 11.6 Å². The van der Waals surface area contributed by atoms with Gasteiger partial charge in [0.05, 0.1) is 17.3 Å². The molecule has 0 saturated heterocycles. The van der Waals surface area contributed by atoms with Crippen molar-refractivity contribution in [3.63, 3.8) is 0 Å². The van der Waals surface area contributed by atoms with Gasteiger partial charge in [-0.25, -0.2) is 13.9 Å². The molecule has 1 heterocycles. The molecule has 2 N–H and O–H groups in total. The molecule has 1 aromatic carbocycles. The number of hydrogen-bond acceptors (Lipinski definition) is 4. The molecule has 1 aromatic heterocycles. The van der Waals surface area contributed by atoms with E-state index < -0.39 is 11.8 Å². The fourth-order valence-electron chi connectivity index (χ4n) is 1.72. The average molecular weight is 298 g/mol. The van der Waals surface area contributed by atoms with Crippen LogP contribution in [0.4, 0.5) is 10.2 Å². The highest BCUT2D eigenvalue weighted by Crippen LogP contribution is 2.24. The molecule has 0 unspecified atom stereocenters. The lowest BCUT2D eigenvalue weighted by Gasteiger charge is -2.05. The van der Waals surface area contributed by atoms with Gasteiger partial charge in [-0.05, 0) is 32.0 Å². The van der Waals surface area contributed by atoms with E-state index in [1.165, 1.54) is 22.9 Å². The molecule has 0 radical (unpaired) electrons. The summed E-state index contributed by atoms with van der Waals surface area (Å²) in [5.74, 6) is -0.817. The zero-order valence-corrected chi connectivity index (χ0v) is 11.7. The number of nitrogens with two attached hydrogens (primary N) is 1. The minimum Gasteiger partial charge on any atom is -0.461 e.